The fraction of sp³-hybridized carbons (Fsp3) is 0.933. The highest BCUT2D eigenvalue weighted by molar-refractivity contribution is 5.77. The Morgan fingerprint density at radius 3 is 2.21 bits per heavy atom. The van der Waals surface area contributed by atoms with Crippen LogP contribution in [0.15, 0.2) is 0 Å². The lowest BCUT2D eigenvalue weighted by Gasteiger charge is -2.32. The van der Waals surface area contributed by atoms with Gasteiger partial charge in [0.2, 0.25) is 0 Å². The quantitative estimate of drug-likeness (QED) is 0.641. The highest BCUT2D eigenvalue weighted by Crippen LogP contribution is 2.15. The smallest absolute Gasteiger partial charge is 0.323 e. The molecule has 4 heteroatoms. The molecule has 0 aromatic rings. The summed E-state index contributed by atoms with van der Waals surface area (Å²) in [5, 5.41) is 9.01. The van der Waals surface area contributed by atoms with E-state index >= 15 is 0 Å². The van der Waals surface area contributed by atoms with Crippen LogP contribution in [-0.4, -0.2) is 40.6 Å². The maximum atomic E-state index is 11.0. The van der Waals surface area contributed by atoms with Gasteiger partial charge in [0.05, 0.1) is 0 Å². The number of carboxylic acids is 1. The lowest BCUT2D eigenvalue weighted by molar-refractivity contribution is -0.143. The molecule has 0 spiro atoms. The van der Waals surface area contributed by atoms with Gasteiger partial charge in [0.25, 0.3) is 0 Å². The van der Waals surface area contributed by atoms with Crippen molar-refractivity contribution in [2.75, 3.05) is 13.1 Å². The summed E-state index contributed by atoms with van der Waals surface area (Å²) >= 11 is 0. The van der Waals surface area contributed by atoms with Crippen molar-refractivity contribution in [1.82, 2.24) is 4.90 Å². The van der Waals surface area contributed by atoms with Gasteiger partial charge in [-0.15, -0.1) is 0 Å². The van der Waals surface area contributed by atoms with E-state index in [-0.39, 0.29) is 0 Å². The summed E-state index contributed by atoms with van der Waals surface area (Å²) in [5.41, 5.74) is 4.67. The first-order chi connectivity index (χ1) is 8.74. The van der Waals surface area contributed by atoms with Gasteiger partial charge in [-0.3, -0.25) is 4.79 Å². The predicted octanol–water partition coefficient (Wildman–Crippen LogP) is 2.72. The summed E-state index contributed by atoms with van der Waals surface area (Å²) < 4.78 is 0. The van der Waals surface area contributed by atoms with Crippen LogP contribution in [0.25, 0.3) is 0 Å². The Morgan fingerprint density at radius 2 is 1.84 bits per heavy atom. The van der Waals surface area contributed by atoms with E-state index in [0.29, 0.717) is 18.4 Å². The standard InChI is InChI=1S/C15H32N2O2/c1-6-13(7-2)17(11-12(3)4)10-8-9-15(5,16)14(18)19/h12-13H,6-11,16H2,1-5H3,(H,18,19). The Hall–Kier alpha value is -0.610. The molecule has 0 aliphatic carbocycles. The molecule has 0 rings (SSSR count). The van der Waals surface area contributed by atoms with Crippen LogP contribution in [0.1, 0.15) is 60.3 Å². The van der Waals surface area contributed by atoms with Crippen LogP contribution in [0.4, 0.5) is 0 Å². The second-order valence-electron chi connectivity index (χ2n) is 6.19. The summed E-state index contributed by atoms with van der Waals surface area (Å²) in [6.07, 6.45) is 3.64. The molecule has 0 saturated carbocycles. The van der Waals surface area contributed by atoms with Crippen molar-refractivity contribution in [3.05, 3.63) is 0 Å². The number of carbonyl (C=O) groups is 1. The molecule has 0 aliphatic heterocycles. The van der Waals surface area contributed by atoms with Crippen molar-refractivity contribution in [3.8, 4) is 0 Å². The van der Waals surface area contributed by atoms with Crippen molar-refractivity contribution in [3.63, 3.8) is 0 Å². The van der Waals surface area contributed by atoms with Gasteiger partial charge in [0.15, 0.2) is 0 Å². The molecule has 0 amide bonds. The first kappa shape index (κ1) is 18.4. The first-order valence-corrected chi connectivity index (χ1v) is 7.50. The molecule has 0 bridgehead atoms. The molecule has 0 aliphatic rings. The molecule has 0 radical (unpaired) electrons. The number of rotatable bonds is 10. The maximum absolute atomic E-state index is 11.0. The molecule has 1 atom stereocenters. The van der Waals surface area contributed by atoms with Gasteiger partial charge < -0.3 is 15.7 Å². The number of nitrogens with two attached hydrogens (primary N) is 1. The molecule has 0 aromatic heterocycles. The summed E-state index contributed by atoms with van der Waals surface area (Å²) in [7, 11) is 0. The summed E-state index contributed by atoms with van der Waals surface area (Å²) in [6.45, 7) is 12.5. The third kappa shape index (κ3) is 6.92. The van der Waals surface area contributed by atoms with Crippen molar-refractivity contribution in [1.29, 1.82) is 0 Å². The Labute approximate surface area is 118 Å². The van der Waals surface area contributed by atoms with E-state index in [1.54, 1.807) is 6.92 Å². The molecule has 1 unspecified atom stereocenters. The van der Waals surface area contributed by atoms with Crippen LogP contribution in [0.2, 0.25) is 0 Å². The minimum absolute atomic E-state index is 0.525. The molecule has 4 nitrogen and oxygen atoms in total. The maximum Gasteiger partial charge on any atom is 0.323 e. The minimum Gasteiger partial charge on any atom is -0.480 e. The fourth-order valence-electron chi connectivity index (χ4n) is 2.45. The third-order valence-electron chi connectivity index (χ3n) is 3.69. The molecular formula is C15H32N2O2. The molecule has 3 N–H and O–H groups in total. The van der Waals surface area contributed by atoms with Crippen molar-refractivity contribution in [2.24, 2.45) is 11.7 Å². The lowest BCUT2D eigenvalue weighted by Crippen LogP contribution is -2.46. The number of hydrogen-bond acceptors (Lipinski definition) is 3. The lowest BCUT2D eigenvalue weighted by atomic mass is 9.97. The average Bonchev–Trinajstić information content (AvgIpc) is 2.29. The van der Waals surface area contributed by atoms with Gasteiger partial charge in [-0.1, -0.05) is 27.7 Å². The van der Waals surface area contributed by atoms with E-state index in [0.717, 1.165) is 32.4 Å². The van der Waals surface area contributed by atoms with Crippen molar-refractivity contribution in [2.45, 2.75) is 71.9 Å². The average molecular weight is 272 g/mol. The summed E-state index contributed by atoms with van der Waals surface area (Å²) in [4.78, 5) is 13.5. The molecule has 0 fully saturated rings. The van der Waals surface area contributed by atoms with Crippen LogP contribution in [0.3, 0.4) is 0 Å². The van der Waals surface area contributed by atoms with E-state index in [9.17, 15) is 4.79 Å². The normalized spacial score (nSPS) is 15.2. The predicted molar refractivity (Wildman–Crippen MR) is 80.2 cm³/mol. The highest BCUT2D eigenvalue weighted by atomic mass is 16.4. The van der Waals surface area contributed by atoms with Gasteiger partial charge in [-0.2, -0.15) is 0 Å². The molecule has 0 heterocycles. The summed E-state index contributed by atoms with van der Waals surface area (Å²) in [6, 6.07) is 0.594. The van der Waals surface area contributed by atoms with E-state index in [1.165, 1.54) is 0 Å². The van der Waals surface area contributed by atoms with Crippen LogP contribution < -0.4 is 5.73 Å². The monoisotopic (exact) mass is 272 g/mol. The van der Waals surface area contributed by atoms with E-state index < -0.39 is 11.5 Å². The fourth-order valence-corrected chi connectivity index (χ4v) is 2.45. The first-order valence-electron chi connectivity index (χ1n) is 7.50. The number of carboxylic acid groups (broad SMARTS) is 1. The van der Waals surface area contributed by atoms with E-state index in [1.807, 2.05) is 0 Å². The Kier molecular flexibility index (Phi) is 8.26. The van der Waals surface area contributed by atoms with Crippen LogP contribution in [0.5, 0.6) is 0 Å². The van der Waals surface area contributed by atoms with Crippen LogP contribution >= 0.6 is 0 Å². The molecule has 19 heavy (non-hydrogen) atoms. The number of aliphatic carboxylic acids is 1. The largest absolute Gasteiger partial charge is 0.480 e. The molecule has 0 aromatic carbocycles. The van der Waals surface area contributed by atoms with Crippen molar-refractivity contribution < 1.29 is 9.90 Å². The second-order valence-corrected chi connectivity index (χ2v) is 6.19. The Bertz CT molecular complexity index is 261. The zero-order chi connectivity index (χ0) is 15.1. The van der Waals surface area contributed by atoms with Crippen LogP contribution in [0, 0.1) is 5.92 Å². The van der Waals surface area contributed by atoms with Crippen LogP contribution in [-0.2, 0) is 4.79 Å². The SMILES string of the molecule is CCC(CC)N(CCCC(C)(N)C(=O)O)CC(C)C. The van der Waals surface area contributed by atoms with Gasteiger partial charge in [-0.05, 0) is 45.1 Å². The third-order valence-corrected chi connectivity index (χ3v) is 3.69. The highest BCUT2D eigenvalue weighted by Gasteiger charge is 2.27. The second kappa shape index (κ2) is 8.54. The molecule has 114 valence electrons. The Morgan fingerprint density at radius 1 is 1.32 bits per heavy atom. The number of hydrogen-bond donors (Lipinski definition) is 2. The topological polar surface area (TPSA) is 66.6 Å². The van der Waals surface area contributed by atoms with Crippen molar-refractivity contribution >= 4 is 5.97 Å². The Balaban J connectivity index is 4.38. The van der Waals surface area contributed by atoms with Gasteiger partial charge in [-0.25, -0.2) is 0 Å². The van der Waals surface area contributed by atoms with E-state index in [4.69, 9.17) is 10.8 Å². The zero-order valence-corrected chi connectivity index (χ0v) is 13.3. The van der Waals surface area contributed by atoms with Gasteiger partial charge in [0.1, 0.15) is 5.54 Å². The molecule has 0 saturated heterocycles. The minimum atomic E-state index is -1.10. The zero-order valence-electron chi connectivity index (χ0n) is 13.3. The van der Waals surface area contributed by atoms with E-state index in [2.05, 4.69) is 32.6 Å². The van der Waals surface area contributed by atoms with Gasteiger partial charge >= 0.3 is 5.97 Å². The molecular weight excluding hydrogens is 240 g/mol. The van der Waals surface area contributed by atoms with Gasteiger partial charge in [0, 0.05) is 12.6 Å². The summed E-state index contributed by atoms with van der Waals surface area (Å²) in [5.74, 6) is -0.283. The number of nitrogens with zero attached hydrogens (tertiary/aromatic N) is 1.